The van der Waals surface area contributed by atoms with Gasteiger partial charge in [0.2, 0.25) is 0 Å². The van der Waals surface area contributed by atoms with Crippen LogP contribution in [-0.4, -0.2) is 60.6 Å². The van der Waals surface area contributed by atoms with Crippen LogP contribution in [0.15, 0.2) is 17.3 Å². The molecule has 0 aliphatic carbocycles. The summed E-state index contributed by atoms with van der Waals surface area (Å²) in [6, 6.07) is 2.59. The fourth-order valence-corrected chi connectivity index (χ4v) is 2.57. The van der Waals surface area contributed by atoms with Gasteiger partial charge in [-0.2, -0.15) is 0 Å². The SMILES string of the molecule is CCC(C)N(C)CCNC(=NC)N(C)Cc1cc(Cl)cn1C.I. The molecule has 1 aromatic heterocycles. The van der Waals surface area contributed by atoms with Crippen LogP contribution < -0.4 is 5.32 Å². The average Bonchev–Trinajstić information content (AvgIpc) is 2.80. The number of likely N-dealkylation sites (N-methyl/N-ethyl adjacent to an activating group) is 1. The number of aromatic nitrogens is 1. The van der Waals surface area contributed by atoms with Gasteiger partial charge in [-0.25, -0.2) is 0 Å². The lowest BCUT2D eigenvalue weighted by atomic mass is 10.2. The monoisotopic (exact) mass is 455 g/mol. The second-order valence-electron chi connectivity index (χ2n) is 5.83. The summed E-state index contributed by atoms with van der Waals surface area (Å²) < 4.78 is 2.04. The van der Waals surface area contributed by atoms with Crippen molar-refractivity contribution in [2.45, 2.75) is 32.9 Å². The molecule has 1 aromatic rings. The van der Waals surface area contributed by atoms with Crippen LogP contribution in [0.25, 0.3) is 0 Å². The van der Waals surface area contributed by atoms with Crippen LogP contribution in [0, 0.1) is 0 Å². The van der Waals surface area contributed by atoms with Crippen LogP contribution in [0.3, 0.4) is 0 Å². The van der Waals surface area contributed by atoms with Crippen molar-refractivity contribution in [3.8, 4) is 0 Å². The highest BCUT2D eigenvalue weighted by molar-refractivity contribution is 14.0. The molecule has 1 unspecified atom stereocenters. The maximum absolute atomic E-state index is 6.03. The van der Waals surface area contributed by atoms with Crippen molar-refractivity contribution < 1.29 is 0 Å². The number of nitrogens with zero attached hydrogens (tertiary/aromatic N) is 4. The Labute approximate surface area is 163 Å². The topological polar surface area (TPSA) is 35.8 Å². The van der Waals surface area contributed by atoms with Crippen molar-refractivity contribution in [2.75, 3.05) is 34.2 Å². The minimum Gasteiger partial charge on any atom is -0.355 e. The van der Waals surface area contributed by atoms with Gasteiger partial charge < -0.3 is 19.7 Å². The van der Waals surface area contributed by atoms with E-state index in [4.69, 9.17) is 11.6 Å². The molecule has 5 nitrogen and oxygen atoms in total. The third kappa shape index (κ3) is 7.30. The number of guanidine groups is 1. The molecule has 134 valence electrons. The second kappa shape index (κ2) is 11.1. The molecule has 0 saturated carbocycles. The second-order valence-corrected chi connectivity index (χ2v) is 6.26. The molecule has 1 heterocycles. The van der Waals surface area contributed by atoms with E-state index in [1.165, 1.54) is 6.42 Å². The third-order valence-electron chi connectivity index (χ3n) is 4.14. The van der Waals surface area contributed by atoms with Gasteiger partial charge in [0.05, 0.1) is 11.6 Å². The molecule has 1 atom stereocenters. The zero-order chi connectivity index (χ0) is 16.7. The highest BCUT2D eigenvalue weighted by Crippen LogP contribution is 2.14. The van der Waals surface area contributed by atoms with Gasteiger partial charge in [-0.1, -0.05) is 18.5 Å². The molecule has 0 spiro atoms. The van der Waals surface area contributed by atoms with Gasteiger partial charge in [0.15, 0.2) is 5.96 Å². The van der Waals surface area contributed by atoms with Gasteiger partial charge in [-0.05, 0) is 26.5 Å². The summed E-state index contributed by atoms with van der Waals surface area (Å²) >= 11 is 6.03. The lowest BCUT2D eigenvalue weighted by Gasteiger charge is -2.26. The van der Waals surface area contributed by atoms with E-state index in [1.54, 1.807) is 0 Å². The van der Waals surface area contributed by atoms with E-state index in [2.05, 4.69) is 41.0 Å². The molecule has 23 heavy (non-hydrogen) atoms. The predicted octanol–water partition coefficient (Wildman–Crippen LogP) is 3.03. The van der Waals surface area contributed by atoms with Gasteiger partial charge in [0.25, 0.3) is 0 Å². The first kappa shape index (κ1) is 22.5. The molecule has 7 heteroatoms. The molecule has 0 aromatic carbocycles. The number of hydrogen-bond donors (Lipinski definition) is 1. The van der Waals surface area contributed by atoms with Gasteiger partial charge in [-0.3, -0.25) is 4.99 Å². The molecule has 0 fully saturated rings. The van der Waals surface area contributed by atoms with Crippen LogP contribution in [0.2, 0.25) is 5.02 Å². The molecule has 1 N–H and O–H groups in total. The van der Waals surface area contributed by atoms with Crippen molar-refractivity contribution in [1.82, 2.24) is 19.7 Å². The molecular weight excluding hydrogens is 425 g/mol. The van der Waals surface area contributed by atoms with Gasteiger partial charge in [0.1, 0.15) is 0 Å². The van der Waals surface area contributed by atoms with Crippen molar-refractivity contribution in [3.63, 3.8) is 0 Å². The summed E-state index contributed by atoms with van der Waals surface area (Å²) in [7, 11) is 8.02. The molecule has 0 aliphatic rings. The van der Waals surface area contributed by atoms with Crippen LogP contribution in [0.4, 0.5) is 0 Å². The first-order valence-corrected chi connectivity index (χ1v) is 8.19. The maximum atomic E-state index is 6.03. The minimum atomic E-state index is 0. The number of aliphatic imine (C=N–C) groups is 1. The molecule has 1 rings (SSSR count). The fourth-order valence-electron chi connectivity index (χ4n) is 2.30. The number of hydrogen-bond acceptors (Lipinski definition) is 2. The average molecular weight is 456 g/mol. The summed E-state index contributed by atoms with van der Waals surface area (Å²) in [5.41, 5.74) is 1.16. The molecule has 0 saturated heterocycles. The maximum Gasteiger partial charge on any atom is 0.193 e. The van der Waals surface area contributed by atoms with E-state index < -0.39 is 0 Å². The van der Waals surface area contributed by atoms with Crippen LogP contribution >= 0.6 is 35.6 Å². The Hall–Kier alpha value is -0.470. The smallest absolute Gasteiger partial charge is 0.193 e. The zero-order valence-corrected chi connectivity index (χ0v) is 18.2. The highest BCUT2D eigenvalue weighted by Gasteiger charge is 2.11. The van der Waals surface area contributed by atoms with E-state index in [0.717, 1.165) is 36.3 Å². The third-order valence-corrected chi connectivity index (χ3v) is 4.34. The quantitative estimate of drug-likeness (QED) is 0.390. The van der Waals surface area contributed by atoms with E-state index >= 15 is 0 Å². The van der Waals surface area contributed by atoms with Crippen molar-refractivity contribution >= 4 is 41.5 Å². The molecular formula is C16H31ClIN5. The van der Waals surface area contributed by atoms with Gasteiger partial charge >= 0.3 is 0 Å². The van der Waals surface area contributed by atoms with Gasteiger partial charge in [-0.15, -0.1) is 24.0 Å². The summed E-state index contributed by atoms with van der Waals surface area (Å²) in [4.78, 5) is 8.82. The lowest BCUT2D eigenvalue weighted by molar-refractivity contribution is 0.255. The van der Waals surface area contributed by atoms with E-state index in [9.17, 15) is 0 Å². The van der Waals surface area contributed by atoms with E-state index in [-0.39, 0.29) is 24.0 Å². The largest absolute Gasteiger partial charge is 0.355 e. The Balaban J connectivity index is 0.00000484. The Morgan fingerprint density at radius 2 is 2.09 bits per heavy atom. The Kier molecular flexibility index (Phi) is 10.9. The highest BCUT2D eigenvalue weighted by atomic mass is 127. The lowest BCUT2D eigenvalue weighted by Crippen LogP contribution is -2.43. The van der Waals surface area contributed by atoms with Crippen molar-refractivity contribution in [2.24, 2.45) is 12.0 Å². The Morgan fingerprint density at radius 1 is 1.43 bits per heavy atom. The summed E-state index contributed by atoms with van der Waals surface area (Å²) in [6.45, 7) is 7.11. The van der Waals surface area contributed by atoms with E-state index in [1.807, 2.05) is 38.0 Å². The summed E-state index contributed by atoms with van der Waals surface area (Å²) in [6.07, 6.45) is 3.08. The number of halogens is 2. The normalized spacial score (nSPS) is 13.0. The first-order chi connectivity index (χ1) is 10.4. The minimum absolute atomic E-state index is 0. The Morgan fingerprint density at radius 3 is 2.57 bits per heavy atom. The molecule has 0 bridgehead atoms. The zero-order valence-electron chi connectivity index (χ0n) is 15.1. The fraction of sp³-hybridized carbons (Fsp3) is 0.688. The predicted molar refractivity (Wildman–Crippen MR) is 111 cm³/mol. The summed E-state index contributed by atoms with van der Waals surface area (Å²) in [5, 5.41) is 4.19. The van der Waals surface area contributed by atoms with Crippen LogP contribution in [0.5, 0.6) is 0 Å². The van der Waals surface area contributed by atoms with Crippen molar-refractivity contribution in [1.29, 1.82) is 0 Å². The number of rotatable bonds is 7. The molecule has 0 radical (unpaired) electrons. The van der Waals surface area contributed by atoms with E-state index in [0.29, 0.717) is 6.04 Å². The molecule has 0 amide bonds. The first-order valence-electron chi connectivity index (χ1n) is 7.81. The van der Waals surface area contributed by atoms with Crippen LogP contribution in [0.1, 0.15) is 26.0 Å². The standard InChI is InChI=1S/C16H30ClN5.HI/c1-7-13(2)20(4)9-8-19-16(18-3)22(6)12-15-10-14(17)11-21(15)5;/h10-11,13H,7-9,12H2,1-6H3,(H,18,19);1H. The summed E-state index contributed by atoms with van der Waals surface area (Å²) in [5.74, 6) is 0.898. The number of nitrogens with one attached hydrogen (secondary N) is 1. The van der Waals surface area contributed by atoms with Crippen molar-refractivity contribution in [3.05, 3.63) is 23.0 Å². The van der Waals surface area contributed by atoms with Crippen LogP contribution in [-0.2, 0) is 13.6 Å². The molecule has 0 aliphatic heterocycles. The van der Waals surface area contributed by atoms with Gasteiger partial charge in [0, 0.05) is 52.2 Å². The Bertz CT molecular complexity index is 489. The number of aryl methyl sites for hydroxylation is 1.